The first-order chi connectivity index (χ1) is 6.54. The summed E-state index contributed by atoms with van der Waals surface area (Å²) in [6.07, 6.45) is -0.822. The van der Waals surface area contributed by atoms with Gasteiger partial charge in [-0.25, -0.2) is 4.79 Å². The van der Waals surface area contributed by atoms with Gasteiger partial charge in [-0.2, -0.15) is 0 Å². The highest BCUT2D eigenvalue weighted by Gasteiger charge is 2.15. The fourth-order valence-corrected chi connectivity index (χ4v) is 1.75. The molecule has 0 aliphatic rings. The van der Waals surface area contributed by atoms with Gasteiger partial charge in [0.25, 0.3) is 0 Å². The van der Waals surface area contributed by atoms with Gasteiger partial charge in [0.05, 0.1) is 7.11 Å². The molecule has 0 fully saturated rings. The largest absolute Gasteiger partial charge is 0.514 e. The highest BCUT2D eigenvalue weighted by atomic mass is 32.1. The molecule has 0 saturated carbocycles. The maximum Gasteiger partial charge on any atom is 0.514 e. The summed E-state index contributed by atoms with van der Waals surface area (Å²) in [5.41, 5.74) is 0. The third-order valence-electron chi connectivity index (χ3n) is 1.61. The van der Waals surface area contributed by atoms with Crippen LogP contribution in [0.1, 0.15) is 24.6 Å². The molecule has 1 aromatic rings. The number of hydrogen-bond donors (Lipinski definition) is 1. The minimum Gasteiger partial charge on any atom is -0.504 e. The maximum atomic E-state index is 10.8. The zero-order chi connectivity index (χ0) is 10.7. The van der Waals surface area contributed by atoms with E-state index in [1.54, 1.807) is 6.07 Å². The Morgan fingerprint density at radius 3 is 2.64 bits per heavy atom. The third kappa shape index (κ3) is 2.38. The summed E-state index contributed by atoms with van der Waals surface area (Å²) in [5.74, 6) is 0.269. The molecule has 0 bridgehead atoms. The first kappa shape index (κ1) is 10.8. The molecular formula is C9H12O4S. The zero-order valence-electron chi connectivity index (χ0n) is 8.23. The van der Waals surface area contributed by atoms with Crippen molar-refractivity contribution in [2.24, 2.45) is 0 Å². The molecule has 0 unspecified atom stereocenters. The number of ether oxygens (including phenoxy) is 2. The van der Waals surface area contributed by atoms with E-state index in [1.165, 1.54) is 18.4 Å². The summed E-state index contributed by atoms with van der Waals surface area (Å²) in [6.45, 7) is 3.99. The molecule has 1 heterocycles. The van der Waals surface area contributed by atoms with Crippen LogP contribution in [0.5, 0.6) is 10.8 Å². The molecule has 4 nitrogen and oxygen atoms in total. The Bertz CT molecular complexity index is 330. The van der Waals surface area contributed by atoms with Gasteiger partial charge in [0, 0.05) is 4.88 Å². The lowest BCUT2D eigenvalue weighted by molar-refractivity contribution is 0.121. The van der Waals surface area contributed by atoms with Crippen LogP contribution in [0.2, 0.25) is 0 Å². The highest BCUT2D eigenvalue weighted by molar-refractivity contribution is 7.14. The standard InChI is InChI=1S/C9H12O4S/c1-5(2)7-4-6(10)8(14-7)13-9(11)12-3/h4-5,10H,1-3H3. The van der Waals surface area contributed by atoms with Crippen LogP contribution in [0.4, 0.5) is 4.79 Å². The number of aromatic hydroxyl groups is 1. The Morgan fingerprint density at radius 1 is 1.57 bits per heavy atom. The third-order valence-corrected chi connectivity index (χ3v) is 2.91. The predicted molar refractivity (Wildman–Crippen MR) is 53.1 cm³/mol. The molecule has 5 heteroatoms. The Morgan fingerprint density at radius 2 is 2.21 bits per heavy atom. The van der Waals surface area contributed by atoms with E-state index in [2.05, 4.69) is 4.74 Å². The zero-order valence-corrected chi connectivity index (χ0v) is 9.05. The van der Waals surface area contributed by atoms with Gasteiger partial charge in [-0.05, 0) is 12.0 Å². The van der Waals surface area contributed by atoms with E-state index in [9.17, 15) is 9.90 Å². The van der Waals surface area contributed by atoms with Crippen molar-refractivity contribution < 1.29 is 19.4 Å². The van der Waals surface area contributed by atoms with E-state index in [0.29, 0.717) is 5.92 Å². The average Bonchev–Trinajstić information content (AvgIpc) is 2.48. The van der Waals surface area contributed by atoms with Crippen LogP contribution in [-0.2, 0) is 4.74 Å². The van der Waals surface area contributed by atoms with E-state index < -0.39 is 6.16 Å². The van der Waals surface area contributed by atoms with E-state index >= 15 is 0 Å². The topological polar surface area (TPSA) is 55.8 Å². The normalized spacial score (nSPS) is 10.3. The molecule has 1 rings (SSSR count). The molecule has 0 spiro atoms. The van der Waals surface area contributed by atoms with Crippen molar-refractivity contribution in [1.82, 2.24) is 0 Å². The van der Waals surface area contributed by atoms with Gasteiger partial charge in [0.1, 0.15) is 0 Å². The molecule has 1 N–H and O–H groups in total. The minimum absolute atomic E-state index is 0.0240. The molecule has 0 radical (unpaired) electrons. The quantitative estimate of drug-likeness (QED) is 0.772. The summed E-state index contributed by atoms with van der Waals surface area (Å²) in [6, 6.07) is 1.59. The first-order valence-corrected chi connectivity index (χ1v) is 4.94. The molecular weight excluding hydrogens is 204 g/mol. The molecule has 1 aromatic heterocycles. The number of carbonyl (C=O) groups is 1. The van der Waals surface area contributed by atoms with E-state index in [0.717, 1.165) is 4.88 Å². The fraction of sp³-hybridized carbons (Fsp3) is 0.444. The molecule has 14 heavy (non-hydrogen) atoms. The van der Waals surface area contributed by atoms with Crippen LogP contribution in [0.3, 0.4) is 0 Å². The van der Waals surface area contributed by atoms with Crippen LogP contribution < -0.4 is 4.74 Å². The Kier molecular flexibility index (Phi) is 3.35. The fourth-order valence-electron chi connectivity index (χ4n) is 0.857. The second kappa shape index (κ2) is 4.32. The van der Waals surface area contributed by atoms with Crippen molar-refractivity contribution in [2.45, 2.75) is 19.8 Å². The van der Waals surface area contributed by atoms with Gasteiger partial charge in [0.2, 0.25) is 5.06 Å². The lowest BCUT2D eigenvalue weighted by atomic mass is 10.2. The van der Waals surface area contributed by atoms with Crippen molar-refractivity contribution in [2.75, 3.05) is 7.11 Å². The Balaban J connectivity index is 2.82. The van der Waals surface area contributed by atoms with Gasteiger partial charge in [-0.1, -0.05) is 25.2 Å². The van der Waals surface area contributed by atoms with Gasteiger partial charge < -0.3 is 14.6 Å². The van der Waals surface area contributed by atoms with Gasteiger partial charge in [0.15, 0.2) is 5.75 Å². The Labute approximate surface area is 86.1 Å². The van der Waals surface area contributed by atoms with E-state index in [-0.39, 0.29) is 10.8 Å². The molecule has 0 aromatic carbocycles. The number of carbonyl (C=O) groups excluding carboxylic acids is 1. The number of thiophene rings is 1. The summed E-state index contributed by atoms with van der Waals surface area (Å²) >= 11 is 1.24. The second-order valence-electron chi connectivity index (χ2n) is 3.03. The van der Waals surface area contributed by atoms with Crippen molar-refractivity contribution >= 4 is 17.5 Å². The molecule has 0 saturated heterocycles. The summed E-state index contributed by atoms with van der Waals surface area (Å²) in [7, 11) is 1.22. The molecule has 0 amide bonds. The average molecular weight is 216 g/mol. The van der Waals surface area contributed by atoms with Crippen molar-refractivity contribution in [3.63, 3.8) is 0 Å². The first-order valence-electron chi connectivity index (χ1n) is 4.13. The van der Waals surface area contributed by atoms with E-state index in [4.69, 9.17) is 4.74 Å². The second-order valence-corrected chi connectivity index (χ2v) is 4.08. The van der Waals surface area contributed by atoms with Crippen molar-refractivity contribution in [1.29, 1.82) is 0 Å². The van der Waals surface area contributed by atoms with Crippen molar-refractivity contribution in [3.8, 4) is 10.8 Å². The summed E-state index contributed by atoms with van der Waals surface area (Å²) in [5, 5.41) is 9.58. The van der Waals surface area contributed by atoms with Crippen LogP contribution in [-0.4, -0.2) is 18.4 Å². The number of rotatable bonds is 2. The predicted octanol–water partition coefficient (Wildman–Crippen LogP) is 2.72. The molecule has 0 atom stereocenters. The van der Waals surface area contributed by atoms with Crippen LogP contribution in [0, 0.1) is 0 Å². The molecule has 78 valence electrons. The number of hydrogen-bond acceptors (Lipinski definition) is 5. The van der Waals surface area contributed by atoms with Crippen molar-refractivity contribution in [3.05, 3.63) is 10.9 Å². The van der Waals surface area contributed by atoms with Gasteiger partial charge >= 0.3 is 6.16 Å². The van der Waals surface area contributed by atoms with Crippen LogP contribution >= 0.6 is 11.3 Å². The Hall–Kier alpha value is -1.23. The van der Waals surface area contributed by atoms with E-state index in [1.807, 2.05) is 13.8 Å². The minimum atomic E-state index is -0.822. The van der Waals surface area contributed by atoms with Gasteiger partial charge in [-0.3, -0.25) is 0 Å². The number of methoxy groups -OCH3 is 1. The monoisotopic (exact) mass is 216 g/mol. The molecule has 0 aliphatic carbocycles. The lowest BCUT2D eigenvalue weighted by Gasteiger charge is -1.99. The highest BCUT2D eigenvalue weighted by Crippen LogP contribution is 2.39. The smallest absolute Gasteiger partial charge is 0.504 e. The summed E-state index contributed by atoms with van der Waals surface area (Å²) in [4.78, 5) is 11.7. The van der Waals surface area contributed by atoms with Crippen LogP contribution in [0.15, 0.2) is 6.07 Å². The summed E-state index contributed by atoms with van der Waals surface area (Å²) < 4.78 is 9.05. The lowest BCUT2D eigenvalue weighted by Crippen LogP contribution is -2.05. The molecule has 0 aliphatic heterocycles. The maximum absolute atomic E-state index is 10.8. The van der Waals surface area contributed by atoms with Crippen LogP contribution in [0.25, 0.3) is 0 Å². The SMILES string of the molecule is COC(=O)Oc1sc(C(C)C)cc1O. The van der Waals surface area contributed by atoms with Gasteiger partial charge in [-0.15, -0.1) is 0 Å².